The van der Waals surface area contributed by atoms with Crippen LogP contribution in [0.5, 0.6) is 0 Å². The van der Waals surface area contributed by atoms with E-state index in [0.29, 0.717) is 12.2 Å². The number of ether oxygens (including phenoxy) is 1. The highest BCUT2D eigenvalue weighted by atomic mass is 32.2. The summed E-state index contributed by atoms with van der Waals surface area (Å²) in [6, 6.07) is 0. The van der Waals surface area contributed by atoms with Gasteiger partial charge in [-0.2, -0.15) is 16.9 Å². The molecule has 2 fully saturated rings. The summed E-state index contributed by atoms with van der Waals surface area (Å²) in [4.78, 5) is 15.2. The first-order valence-electron chi connectivity index (χ1n) is 8.74. The fourth-order valence-electron chi connectivity index (χ4n) is 3.88. The van der Waals surface area contributed by atoms with E-state index in [4.69, 9.17) is 4.74 Å². The van der Waals surface area contributed by atoms with Gasteiger partial charge in [0, 0.05) is 61.7 Å². The van der Waals surface area contributed by atoms with Gasteiger partial charge in [0.15, 0.2) is 5.69 Å². The van der Waals surface area contributed by atoms with E-state index in [9.17, 15) is 4.79 Å². The minimum Gasteiger partial charge on any atom is -0.379 e. The first kappa shape index (κ1) is 16.4. The van der Waals surface area contributed by atoms with Crippen LogP contribution in [0.2, 0.25) is 0 Å². The second-order valence-electron chi connectivity index (χ2n) is 6.77. The number of H-pyrrole nitrogens is 1. The van der Waals surface area contributed by atoms with E-state index >= 15 is 0 Å². The molecule has 1 atom stereocenters. The Balaban J connectivity index is 1.44. The minimum absolute atomic E-state index is 0.0549. The maximum atomic E-state index is 12.7. The van der Waals surface area contributed by atoms with Crippen molar-refractivity contribution in [2.45, 2.75) is 24.9 Å². The number of hydrogen-bond donors (Lipinski definition) is 3. The van der Waals surface area contributed by atoms with Gasteiger partial charge in [-0.3, -0.25) is 14.8 Å². The number of thioether (sulfide) groups is 1. The van der Waals surface area contributed by atoms with Gasteiger partial charge in [0.1, 0.15) is 0 Å². The molecular weight excluding hydrogens is 326 g/mol. The number of fused-ring (bicyclic) bond motifs is 1. The van der Waals surface area contributed by atoms with Crippen LogP contribution in [0.25, 0.3) is 0 Å². The molecule has 24 heavy (non-hydrogen) atoms. The fourth-order valence-corrected chi connectivity index (χ4v) is 5.35. The van der Waals surface area contributed by atoms with Crippen molar-refractivity contribution in [3.8, 4) is 0 Å². The van der Waals surface area contributed by atoms with Crippen LogP contribution >= 0.6 is 11.8 Å². The molecule has 1 aromatic heterocycles. The van der Waals surface area contributed by atoms with Gasteiger partial charge in [0.2, 0.25) is 0 Å². The molecule has 2 saturated heterocycles. The average molecular weight is 351 g/mol. The molecule has 4 heterocycles. The zero-order valence-electron chi connectivity index (χ0n) is 13.9. The molecule has 1 aromatic rings. The van der Waals surface area contributed by atoms with E-state index in [-0.39, 0.29) is 11.4 Å². The Hall–Kier alpha value is -1.09. The van der Waals surface area contributed by atoms with Crippen molar-refractivity contribution >= 4 is 17.7 Å². The molecule has 0 aromatic carbocycles. The predicted molar refractivity (Wildman–Crippen MR) is 93.4 cm³/mol. The molecule has 0 bridgehead atoms. The van der Waals surface area contributed by atoms with Crippen molar-refractivity contribution in [2.75, 3.05) is 50.9 Å². The molecule has 0 radical (unpaired) electrons. The molecule has 1 amide bonds. The number of morpholine rings is 1. The first-order valence-corrected chi connectivity index (χ1v) is 9.90. The molecule has 8 heteroatoms. The summed E-state index contributed by atoms with van der Waals surface area (Å²) in [5, 5.41) is 13.8. The van der Waals surface area contributed by atoms with Crippen LogP contribution < -0.4 is 10.6 Å². The van der Waals surface area contributed by atoms with Gasteiger partial charge < -0.3 is 15.4 Å². The summed E-state index contributed by atoms with van der Waals surface area (Å²) in [5.41, 5.74) is 2.75. The molecule has 1 unspecified atom stereocenters. The van der Waals surface area contributed by atoms with E-state index in [0.717, 1.165) is 75.0 Å². The third-order valence-electron chi connectivity index (χ3n) is 5.36. The van der Waals surface area contributed by atoms with Gasteiger partial charge in [-0.1, -0.05) is 0 Å². The Morgan fingerprint density at radius 3 is 3.08 bits per heavy atom. The van der Waals surface area contributed by atoms with Crippen molar-refractivity contribution < 1.29 is 9.53 Å². The second-order valence-corrected chi connectivity index (χ2v) is 7.87. The monoisotopic (exact) mass is 351 g/mol. The SMILES string of the molecule is O=C(NCC1(N2CCOCC2)CCSC1)c1n[nH]c2c1CNCC2. The van der Waals surface area contributed by atoms with Gasteiger partial charge in [-0.25, -0.2) is 0 Å². The lowest BCUT2D eigenvalue weighted by molar-refractivity contribution is -0.0129. The fraction of sp³-hybridized carbons (Fsp3) is 0.750. The lowest BCUT2D eigenvalue weighted by Crippen LogP contribution is -2.59. The van der Waals surface area contributed by atoms with Crippen molar-refractivity contribution in [1.82, 2.24) is 25.7 Å². The molecular formula is C16H25N5O2S. The van der Waals surface area contributed by atoms with Crippen LogP contribution in [0, 0.1) is 0 Å². The molecule has 7 nitrogen and oxygen atoms in total. The standard InChI is InChI=1S/C16H25N5O2S/c22-15(14-12-9-17-3-1-13(12)19-20-14)18-10-16(2-8-24-11-16)21-4-6-23-7-5-21/h17H,1-11H2,(H,18,22)(H,19,20). The Morgan fingerprint density at radius 1 is 1.42 bits per heavy atom. The third-order valence-corrected chi connectivity index (χ3v) is 6.60. The molecule has 0 aliphatic carbocycles. The van der Waals surface area contributed by atoms with Gasteiger partial charge in [-0.15, -0.1) is 0 Å². The van der Waals surface area contributed by atoms with Gasteiger partial charge in [0.25, 0.3) is 5.91 Å². The summed E-state index contributed by atoms with van der Waals surface area (Å²) in [5.74, 6) is 2.18. The molecule has 4 rings (SSSR count). The van der Waals surface area contributed by atoms with E-state index in [1.807, 2.05) is 11.8 Å². The van der Waals surface area contributed by atoms with Gasteiger partial charge in [0.05, 0.1) is 13.2 Å². The lowest BCUT2D eigenvalue weighted by atomic mass is 9.95. The Labute approximate surface area is 146 Å². The number of aromatic nitrogens is 2. The summed E-state index contributed by atoms with van der Waals surface area (Å²) < 4.78 is 5.49. The number of hydrogen-bond acceptors (Lipinski definition) is 6. The number of aromatic amines is 1. The third kappa shape index (κ3) is 3.08. The topological polar surface area (TPSA) is 82.3 Å². The predicted octanol–water partition coefficient (Wildman–Crippen LogP) is -0.00690. The Bertz CT molecular complexity index is 593. The number of carbonyl (C=O) groups is 1. The van der Waals surface area contributed by atoms with Crippen molar-refractivity contribution in [3.05, 3.63) is 17.0 Å². The molecule has 3 aliphatic rings. The van der Waals surface area contributed by atoms with Gasteiger partial charge >= 0.3 is 0 Å². The molecule has 3 N–H and O–H groups in total. The molecule has 132 valence electrons. The van der Waals surface area contributed by atoms with Crippen LogP contribution in [-0.4, -0.2) is 77.4 Å². The zero-order valence-corrected chi connectivity index (χ0v) is 14.7. The summed E-state index contributed by atoms with van der Waals surface area (Å²) in [6.45, 7) is 5.84. The summed E-state index contributed by atoms with van der Waals surface area (Å²) >= 11 is 1.98. The highest BCUT2D eigenvalue weighted by molar-refractivity contribution is 7.99. The lowest BCUT2D eigenvalue weighted by Gasteiger charge is -2.43. The van der Waals surface area contributed by atoms with E-state index < -0.39 is 0 Å². The summed E-state index contributed by atoms with van der Waals surface area (Å²) in [7, 11) is 0. The largest absolute Gasteiger partial charge is 0.379 e. The van der Waals surface area contributed by atoms with Crippen LogP contribution in [0.15, 0.2) is 0 Å². The zero-order chi connectivity index (χ0) is 16.4. The number of amides is 1. The molecule has 0 spiro atoms. The van der Waals surface area contributed by atoms with Crippen molar-refractivity contribution in [3.63, 3.8) is 0 Å². The second kappa shape index (κ2) is 7.03. The Kier molecular flexibility index (Phi) is 4.80. The normalized spacial score (nSPS) is 27.8. The minimum atomic E-state index is -0.0549. The van der Waals surface area contributed by atoms with Crippen molar-refractivity contribution in [1.29, 1.82) is 0 Å². The maximum absolute atomic E-state index is 12.7. The maximum Gasteiger partial charge on any atom is 0.272 e. The van der Waals surface area contributed by atoms with Crippen LogP contribution in [0.1, 0.15) is 28.2 Å². The number of rotatable bonds is 4. The highest BCUT2D eigenvalue weighted by Gasteiger charge is 2.41. The number of nitrogens with one attached hydrogen (secondary N) is 3. The molecule has 3 aliphatic heterocycles. The van der Waals surface area contributed by atoms with Crippen molar-refractivity contribution in [2.24, 2.45) is 0 Å². The van der Waals surface area contributed by atoms with E-state index in [1.165, 1.54) is 0 Å². The van der Waals surface area contributed by atoms with Crippen LogP contribution in [0.3, 0.4) is 0 Å². The smallest absolute Gasteiger partial charge is 0.272 e. The van der Waals surface area contributed by atoms with Crippen LogP contribution in [-0.2, 0) is 17.7 Å². The first-order chi connectivity index (χ1) is 11.8. The van der Waals surface area contributed by atoms with Crippen LogP contribution in [0.4, 0.5) is 0 Å². The number of carbonyl (C=O) groups excluding carboxylic acids is 1. The Morgan fingerprint density at radius 2 is 2.29 bits per heavy atom. The van der Waals surface area contributed by atoms with E-state index in [1.54, 1.807) is 0 Å². The quantitative estimate of drug-likeness (QED) is 0.708. The summed E-state index contributed by atoms with van der Waals surface area (Å²) in [6.07, 6.45) is 2.03. The van der Waals surface area contributed by atoms with E-state index in [2.05, 4.69) is 25.7 Å². The average Bonchev–Trinajstić information content (AvgIpc) is 3.28. The molecule has 0 saturated carbocycles. The number of nitrogens with zero attached hydrogens (tertiary/aromatic N) is 2. The van der Waals surface area contributed by atoms with Gasteiger partial charge in [-0.05, 0) is 12.2 Å². The highest BCUT2D eigenvalue weighted by Crippen LogP contribution is 2.33.